The molecule has 0 radical (unpaired) electrons. The molecule has 2 rings (SSSR count). The predicted molar refractivity (Wildman–Crippen MR) is 57.5 cm³/mol. The SMILES string of the molecule is NCc1ccc(C(=O)C2CCCCC2)o1. The molecule has 0 amide bonds. The predicted octanol–water partition coefficient (Wildman–Crippen LogP) is 2.50. The van der Waals surface area contributed by atoms with Gasteiger partial charge in [0.25, 0.3) is 0 Å². The molecule has 1 heterocycles. The summed E-state index contributed by atoms with van der Waals surface area (Å²) >= 11 is 0. The van der Waals surface area contributed by atoms with Gasteiger partial charge in [-0.15, -0.1) is 0 Å². The van der Waals surface area contributed by atoms with Gasteiger partial charge in [0.05, 0.1) is 6.54 Å². The van der Waals surface area contributed by atoms with E-state index in [9.17, 15) is 4.79 Å². The first-order valence-corrected chi connectivity index (χ1v) is 5.64. The molecule has 0 saturated heterocycles. The second-order valence-electron chi connectivity index (χ2n) is 4.17. The number of ketones is 1. The van der Waals surface area contributed by atoms with Crippen LogP contribution in [0.2, 0.25) is 0 Å². The van der Waals surface area contributed by atoms with Crippen LogP contribution in [-0.2, 0) is 6.54 Å². The van der Waals surface area contributed by atoms with Crippen LogP contribution in [0.25, 0.3) is 0 Å². The summed E-state index contributed by atoms with van der Waals surface area (Å²) in [4.78, 5) is 12.0. The van der Waals surface area contributed by atoms with Crippen molar-refractivity contribution in [1.82, 2.24) is 0 Å². The van der Waals surface area contributed by atoms with Crippen molar-refractivity contribution in [3.63, 3.8) is 0 Å². The largest absolute Gasteiger partial charge is 0.457 e. The standard InChI is InChI=1S/C12H17NO2/c13-8-10-6-7-11(15-10)12(14)9-4-2-1-3-5-9/h6-7,9H,1-5,8,13H2. The maximum Gasteiger partial charge on any atom is 0.201 e. The van der Waals surface area contributed by atoms with E-state index in [1.165, 1.54) is 19.3 Å². The molecule has 0 aliphatic heterocycles. The number of rotatable bonds is 3. The molecule has 82 valence electrons. The van der Waals surface area contributed by atoms with Crippen LogP contribution < -0.4 is 5.73 Å². The molecule has 1 saturated carbocycles. The minimum atomic E-state index is 0.161. The van der Waals surface area contributed by atoms with Crippen molar-refractivity contribution in [3.05, 3.63) is 23.7 Å². The van der Waals surface area contributed by atoms with Gasteiger partial charge in [0.1, 0.15) is 5.76 Å². The lowest BCUT2D eigenvalue weighted by Gasteiger charge is -2.18. The van der Waals surface area contributed by atoms with Crippen LogP contribution in [-0.4, -0.2) is 5.78 Å². The van der Waals surface area contributed by atoms with Crippen LogP contribution in [0.4, 0.5) is 0 Å². The van der Waals surface area contributed by atoms with Gasteiger partial charge in [-0.1, -0.05) is 19.3 Å². The Labute approximate surface area is 89.6 Å². The van der Waals surface area contributed by atoms with Crippen molar-refractivity contribution in [2.75, 3.05) is 0 Å². The Morgan fingerprint density at radius 2 is 2.07 bits per heavy atom. The van der Waals surface area contributed by atoms with Gasteiger partial charge < -0.3 is 10.2 Å². The maximum absolute atomic E-state index is 12.0. The monoisotopic (exact) mass is 207 g/mol. The molecular weight excluding hydrogens is 190 g/mol. The molecule has 2 N–H and O–H groups in total. The van der Waals surface area contributed by atoms with Crippen molar-refractivity contribution >= 4 is 5.78 Å². The number of furan rings is 1. The Morgan fingerprint density at radius 3 is 2.67 bits per heavy atom. The van der Waals surface area contributed by atoms with E-state index in [0.29, 0.717) is 18.1 Å². The molecule has 0 unspecified atom stereocenters. The minimum Gasteiger partial charge on any atom is -0.457 e. The summed E-state index contributed by atoms with van der Waals surface area (Å²) in [5.74, 6) is 1.52. The zero-order valence-corrected chi connectivity index (χ0v) is 8.87. The van der Waals surface area contributed by atoms with Crippen LogP contribution in [0.5, 0.6) is 0 Å². The molecule has 0 spiro atoms. The maximum atomic E-state index is 12.0. The van der Waals surface area contributed by atoms with Crippen LogP contribution in [0.15, 0.2) is 16.5 Å². The van der Waals surface area contributed by atoms with Gasteiger partial charge in [-0.05, 0) is 25.0 Å². The summed E-state index contributed by atoms with van der Waals surface area (Å²) in [6.07, 6.45) is 5.62. The van der Waals surface area contributed by atoms with E-state index in [2.05, 4.69) is 0 Å². The number of carbonyl (C=O) groups excluding carboxylic acids is 1. The fourth-order valence-electron chi connectivity index (χ4n) is 2.19. The average molecular weight is 207 g/mol. The van der Waals surface area contributed by atoms with Gasteiger partial charge >= 0.3 is 0 Å². The first-order valence-electron chi connectivity index (χ1n) is 5.64. The van der Waals surface area contributed by atoms with Crippen LogP contribution in [0.3, 0.4) is 0 Å². The van der Waals surface area contributed by atoms with Crippen molar-refractivity contribution < 1.29 is 9.21 Å². The molecule has 1 aliphatic carbocycles. The highest BCUT2D eigenvalue weighted by Crippen LogP contribution is 2.27. The van der Waals surface area contributed by atoms with Crippen LogP contribution in [0.1, 0.15) is 48.4 Å². The molecule has 1 aromatic heterocycles. The summed E-state index contributed by atoms with van der Waals surface area (Å²) in [5, 5.41) is 0. The molecule has 15 heavy (non-hydrogen) atoms. The number of carbonyl (C=O) groups is 1. The van der Waals surface area contributed by atoms with E-state index in [4.69, 9.17) is 10.2 Å². The Morgan fingerprint density at radius 1 is 1.33 bits per heavy atom. The third-order valence-corrected chi connectivity index (χ3v) is 3.08. The lowest BCUT2D eigenvalue weighted by Crippen LogP contribution is -2.17. The van der Waals surface area contributed by atoms with E-state index in [1.54, 1.807) is 12.1 Å². The third kappa shape index (κ3) is 2.29. The zero-order chi connectivity index (χ0) is 10.7. The van der Waals surface area contributed by atoms with E-state index >= 15 is 0 Å². The molecule has 3 heteroatoms. The van der Waals surface area contributed by atoms with Gasteiger partial charge in [0.15, 0.2) is 5.76 Å². The van der Waals surface area contributed by atoms with Crippen molar-refractivity contribution in [3.8, 4) is 0 Å². The summed E-state index contributed by atoms with van der Waals surface area (Å²) in [6.45, 7) is 0.359. The highest BCUT2D eigenvalue weighted by atomic mass is 16.3. The van der Waals surface area contributed by atoms with E-state index in [-0.39, 0.29) is 11.7 Å². The number of hydrogen-bond acceptors (Lipinski definition) is 3. The summed E-state index contributed by atoms with van der Waals surface area (Å²) in [7, 11) is 0. The molecule has 1 aromatic rings. The van der Waals surface area contributed by atoms with Crippen LogP contribution in [0, 0.1) is 5.92 Å². The van der Waals surface area contributed by atoms with Gasteiger partial charge in [0, 0.05) is 5.92 Å². The van der Waals surface area contributed by atoms with Crippen molar-refractivity contribution in [2.24, 2.45) is 11.7 Å². The smallest absolute Gasteiger partial charge is 0.201 e. The molecule has 0 atom stereocenters. The molecule has 0 bridgehead atoms. The number of nitrogens with two attached hydrogens (primary N) is 1. The normalized spacial score (nSPS) is 17.9. The summed E-state index contributed by atoms with van der Waals surface area (Å²) in [5.41, 5.74) is 5.44. The quantitative estimate of drug-likeness (QED) is 0.775. The highest BCUT2D eigenvalue weighted by molar-refractivity contribution is 5.95. The number of hydrogen-bond donors (Lipinski definition) is 1. The molecular formula is C12H17NO2. The first-order chi connectivity index (χ1) is 7.31. The summed E-state index contributed by atoms with van der Waals surface area (Å²) < 4.78 is 5.37. The van der Waals surface area contributed by atoms with Gasteiger partial charge in [0.2, 0.25) is 5.78 Å². The Kier molecular flexibility index (Phi) is 3.21. The fourth-order valence-corrected chi connectivity index (χ4v) is 2.19. The number of Topliss-reactive ketones (excluding diaryl/α,β-unsaturated/α-hetero) is 1. The van der Waals surface area contributed by atoms with Crippen molar-refractivity contribution in [1.29, 1.82) is 0 Å². The van der Waals surface area contributed by atoms with Gasteiger partial charge in [-0.25, -0.2) is 0 Å². The second-order valence-corrected chi connectivity index (χ2v) is 4.17. The molecule has 1 fully saturated rings. The lowest BCUT2D eigenvalue weighted by atomic mass is 9.85. The third-order valence-electron chi connectivity index (χ3n) is 3.08. The zero-order valence-electron chi connectivity index (χ0n) is 8.87. The summed E-state index contributed by atoms with van der Waals surface area (Å²) in [6, 6.07) is 3.54. The molecule has 0 aromatic carbocycles. The first kappa shape index (κ1) is 10.4. The van der Waals surface area contributed by atoms with Crippen LogP contribution >= 0.6 is 0 Å². The fraction of sp³-hybridized carbons (Fsp3) is 0.583. The highest BCUT2D eigenvalue weighted by Gasteiger charge is 2.24. The Balaban J connectivity index is 2.05. The van der Waals surface area contributed by atoms with Gasteiger partial charge in [-0.2, -0.15) is 0 Å². The van der Waals surface area contributed by atoms with E-state index in [1.807, 2.05) is 0 Å². The lowest BCUT2D eigenvalue weighted by molar-refractivity contribution is 0.0859. The average Bonchev–Trinajstić information content (AvgIpc) is 2.78. The minimum absolute atomic E-state index is 0.161. The topological polar surface area (TPSA) is 56.2 Å². The van der Waals surface area contributed by atoms with Crippen molar-refractivity contribution in [2.45, 2.75) is 38.6 Å². The van der Waals surface area contributed by atoms with Gasteiger partial charge in [-0.3, -0.25) is 4.79 Å². The second kappa shape index (κ2) is 4.62. The van der Waals surface area contributed by atoms with E-state index < -0.39 is 0 Å². The van der Waals surface area contributed by atoms with E-state index in [0.717, 1.165) is 12.8 Å². The molecule has 1 aliphatic rings. The Bertz CT molecular complexity index is 337. The molecule has 3 nitrogen and oxygen atoms in total. The Hall–Kier alpha value is -1.09.